The quantitative estimate of drug-likeness (QED) is 0.232. The van der Waals surface area contributed by atoms with Gasteiger partial charge in [-0.1, -0.05) is 40.9 Å². The van der Waals surface area contributed by atoms with Gasteiger partial charge in [0.2, 0.25) is 0 Å². The third kappa shape index (κ3) is 9.50. The highest BCUT2D eigenvalue weighted by atomic mass is 19.4. The van der Waals surface area contributed by atoms with Gasteiger partial charge in [-0.15, -0.1) is 0 Å². The number of carboxylic acids is 1. The first-order valence-electron chi connectivity index (χ1n) is 13.2. The van der Waals surface area contributed by atoms with E-state index in [0.717, 1.165) is 28.3 Å². The monoisotopic (exact) mass is 555 g/mol. The lowest BCUT2D eigenvalue weighted by Gasteiger charge is -2.30. The predicted octanol–water partition coefficient (Wildman–Crippen LogP) is 5.61. The Morgan fingerprint density at radius 3 is 2.28 bits per heavy atom. The molecule has 0 amide bonds. The Kier molecular flexibility index (Phi) is 13.4. The molecule has 1 aromatic heterocycles. The molecule has 7 nitrogen and oxygen atoms in total. The molecule has 2 unspecified atom stereocenters. The molecular weight excluding hydrogens is 514 g/mol. The molecule has 2 atom stereocenters. The number of alkyl halides is 3. The van der Waals surface area contributed by atoms with Crippen LogP contribution >= 0.6 is 0 Å². The maximum absolute atomic E-state index is 13.9. The minimum absolute atomic E-state index is 0.00604. The lowest BCUT2D eigenvalue weighted by Crippen LogP contribution is -2.51. The standard InChI is InChI=1S/C17H16F4N4O2.C7H13N.2C2H6/c1-3-9(2)25-8-10(18)7-12(14(25)22)13(17(19,20)21)24-15-11(16(26)27)5-4-6-23-15;1-2-7(1)3-5-8-6-4-7;2*1-2/h3-8,13,15,22-24H,1-2H2,(H,26,27);8H,1-6H2;2*1-2H3. The normalized spacial score (nSPS) is 19.3. The Morgan fingerprint density at radius 1 is 1.23 bits per heavy atom. The third-order valence-corrected chi connectivity index (χ3v) is 6.39. The fraction of sp³-hybridized carbons (Fsp3) is 0.500. The molecule has 3 heterocycles. The Bertz CT molecular complexity index is 1100. The van der Waals surface area contributed by atoms with Crippen molar-refractivity contribution in [2.24, 2.45) is 5.41 Å². The zero-order valence-electron chi connectivity index (χ0n) is 23.1. The molecule has 2 aliphatic heterocycles. The van der Waals surface area contributed by atoms with Crippen molar-refractivity contribution >= 4 is 11.7 Å². The fourth-order valence-electron chi connectivity index (χ4n) is 4.11. The van der Waals surface area contributed by atoms with Crippen LogP contribution in [0.15, 0.2) is 55.4 Å². The number of nitrogens with zero attached hydrogens (tertiary/aromatic N) is 1. The van der Waals surface area contributed by atoms with E-state index in [-0.39, 0.29) is 11.3 Å². The van der Waals surface area contributed by atoms with E-state index in [9.17, 15) is 22.4 Å². The number of halogens is 4. The van der Waals surface area contributed by atoms with Gasteiger partial charge < -0.3 is 15.7 Å². The van der Waals surface area contributed by atoms with Gasteiger partial charge in [-0.2, -0.15) is 13.2 Å². The van der Waals surface area contributed by atoms with Crippen LogP contribution in [0.25, 0.3) is 5.70 Å². The average Bonchev–Trinajstić information content (AvgIpc) is 3.68. The van der Waals surface area contributed by atoms with Crippen LogP contribution in [0.5, 0.6) is 0 Å². The fourth-order valence-corrected chi connectivity index (χ4v) is 4.11. The summed E-state index contributed by atoms with van der Waals surface area (Å²) < 4.78 is 55.8. The van der Waals surface area contributed by atoms with Crippen molar-refractivity contribution in [3.05, 3.63) is 72.3 Å². The van der Waals surface area contributed by atoms with Crippen LogP contribution in [0.2, 0.25) is 0 Å². The summed E-state index contributed by atoms with van der Waals surface area (Å²) in [4.78, 5) is 11.2. The molecule has 1 aromatic rings. The number of piperidine rings is 1. The molecule has 3 aliphatic rings. The summed E-state index contributed by atoms with van der Waals surface area (Å²) in [7, 11) is 0. The minimum atomic E-state index is -4.94. The first-order valence-corrected chi connectivity index (χ1v) is 13.2. The predicted molar refractivity (Wildman–Crippen MR) is 146 cm³/mol. The van der Waals surface area contributed by atoms with Crippen LogP contribution in [-0.4, -0.2) is 41.1 Å². The summed E-state index contributed by atoms with van der Waals surface area (Å²) in [5, 5.41) is 25.1. The van der Waals surface area contributed by atoms with Crippen LogP contribution < -0.4 is 21.4 Å². The number of nitrogens with one attached hydrogen (secondary N) is 4. The first-order chi connectivity index (χ1) is 18.5. The van der Waals surface area contributed by atoms with E-state index in [1.807, 2.05) is 27.7 Å². The van der Waals surface area contributed by atoms with Gasteiger partial charge in [-0.05, 0) is 74.7 Å². The number of dihydropyridines is 1. The molecule has 218 valence electrons. The molecule has 39 heavy (non-hydrogen) atoms. The van der Waals surface area contributed by atoms with E-state index < -0.39 is 41.2 Å². The highest BCUT2D eigenvalue weighted by molar-refractivity contribution is 5.88. The summed E-state index contributed by atoms with van der Waals surface area (Å²) >= 11 is 0. The number of allylic oxidation sites excluding steroid dienone is 4. The van der Waals surface area contributed by atoms with E-state index in [0.29, 0.717) is 6.07 Å². The van der Waals surface area contributed by atoms with Gasteiger partial charge in [0.25, 0.3) is 0 Å². The largest absolute Gasteiger partial charge is 0.478 e. The molecule has 5 N–H and O–H groups in total. The number of carbonyl (C=O) groups is 1. The van der Waals surface area contributed by atoms with Gasteiger partial charge in [0, 0.05) is 17.5 Å². The van der Waals surface area contributed by atoms with Gasteiger partial charge in [-0.3, -0.25) is 15.3 Å². The average molecular weight is 556 g/mol. The van der Waals surface area contributed by atoms with Crippen LogP contribution in [0.4, 0.5) is 17.6 Å². The van der Waals surface area contributed by atoms with Crippen molar-refractivity contribution in [1.82, 2.24) is 20.5 Å². The molecule has 1 saturated carbocycles. The zero-order chi connectivity index (χ0) is 29.8. The Morgan fingerprint density at radius 2 is 1.82 bits per heavy atom. The van der Waals surface area contributed by atoms with Gasteiger partial charge in [0.15, 0.2) is 0 Å². The van der Waals surface area contributed by atoms with E-state index >= 15 is 0 Å². The maximum Gasteiger partial charge on any atom is 0.408 e. The van der Waals surface area contributed by atoms with Crippen LogP contribution in [0.1, 0.15) is 65.0 Å². The lowest BCUT2D eigenvalue weighted by atomic mass is 9.95. The Balaban J connectivity index is 0.000000522. The van der Waals surface area contributed by atoms with Gasteiger partial charge >= 0.3 is 12.1 Å². The molecule has 0 aromatic carbocycles. The first kappa shape index (κ1) is 33.8. The van der Waals surface area contributed by atoms with Crippen molar-refractivity contribution in [1.29, 1.82) is 5.41 Å². The Labute approximate surface area is 227 Å². The van der Waals surface area contributed by atoms with E-state index in [1.165, 1.54) is 51.0 Å². The number of rotatable bonds is 6. The Hall–Kier alpha value is -3.18. The summed E-state index contributed by atoms with van der Waals surface area (Å²) in [6.07, 6.45) is 5.31. The second-order valence-corrected chi connectivity index (χ2v) is 8.80. The molecule has 0 radical (unpaired) electrons. The summed E-state index contributed by atoms with van der Waals surface area (Å²) in [6, 6.07) is -1.94. The number of hydrogen-bond donors (Lipinski definition) is 5. The van der Waals surface area contributed by atoms with Gasteiger partial charge in [0.05, 0.1) is 5.57 Å². The minimum Gasteiger partial charge on any atom is -0.478 e. The SMILES string of the molecule is C1CC2(CCN1)CC2.C=CC(=C)n1cc(F)cc(C(NC2NC=CC=C2C(=O)O)C(F)(F)F)c1=N.CC.CC. The van der Waals surface area contributed by atoms with Crippen molar-refractivity contribution in [3.8, 4) is 0 Å². The number of hydrogen-bond acceptors (Lipinski definition) is 5. The lowest BCUT2D eigenvalue weighted by molar-refractivity contribution is -0.160. The highest BCUT2D eigenvalue weighted by Crippen LogP contribution is 2.52. The summed E-state index contributed by atoms with van der Waals surface area (Å²) in [5.74, 6) is -2.45. The van der Waals surface area contributed by atoms with E-state index in [4.69, 9.17) is 10.5 Å². The van der Waals surface area contributed by atoms with Gasteiger partial charge in [0.1, 0.15) is 23.5 Å². The molecule has 1 spiro atoms. The molecule has 4 rings (SSSR count). The molecule has 11 heteroatoms. The molecular formula is C28H41F4N5O2. The number of pyridine rings is 1. The molecule has 1 saturated heterocycles. The zero-order valence-corrected chi connectivity index (χ0v) is 23.1. The van der Waals surface area contributed by atoms with Crippen LogP contribution in [0, 0.1) is 16.6 Å². The molecule has 1 aliphatic carbocycles. The third-order valence-electron chi connectivity index (χ3n) is 6.39. The van der Waals surface area contributed by atoms with Crippen LogP contribution in [0.3, 0.4) is 0 Å². The van der Waals surface area contributed by atoms with Crippen molar-refractivity contribution in [2.75, 3.05) is 13.1 Å². The number of aliphatic carboxylic acids is 1. The molecule has 0 bridgehead atoms. The second-order valence-electron chi connectivity index (χ2n) is 8.80. The van der Waals surface area contributed by atoms with Crippen LogP contribution in [-0.2, 0) is 4.79 Å². The van der Waals surface area contributed by atoms with E-state index in [1.54, 1.807) is 0 Å². The highest BCUT2D eigenvalue weighted by Gasteiger charge is 2.44. The number of carboxylic acid groups (broad SMARTS) is 1. The van der Waals surface area contributed by atoms with E-state index in [2.05, 4.69) is 29.1 Å². The second kappa shape index (κ2) is 15.4. The smallest absolute Gasteiger partial charge is 0.408 e. The van der Waals surface area contributed by atoms with Gasteiger partial charge in [-0.25, -0.2) is 9.18 Å². The maximum atomic E-state index is 13.9. The van der Waals surface area contributed by atoms with Crippen molar-refractivity contribution in [2.45, 2.75) is 71.8 Å². The van der Waals surface area contributed by atoms with Crippen molar-refractivity contribution in [3.63, 3.8) is 0 Å². The topological polar surface area (TPSA) is 102 Å². The summed E-state index contributed by atoms with van der Waals surface area (Å²) in [5.41, 5.74) is -0.884. The number of aromatic nitrogens is 1. The molecule has 2 fully saturated rings. The van der Waals surface area contributed by atoms with Crippen molar-refractivity contribution < 1.29 is 27.5 Å². The summed E-state index contributed by atoms with van der Waals surface area (Å²) in [6.45, 7) is 17.5.